The van der Waals surface area contributed by atoms with Crippen molar-refractivity contribution >= 4 is 5.97 Å². The van der Waals surface area contributed by atoms with Gasteiger partial charge in [-0.05, 0) is 30.9 Å². The first-order chi connectivity index (χ1) is 8.83. The van der Waals surface area contributed by atoms with Crippen LogP contribution in [0.4, 0.5) is 13.2 Å². The average Bonchev–Trinajstić information content (AvgIpc) is 3.07. The van der Waals surface area contributed by atoms with Crippen LogP contribution in [0, 0.1) is 5.92 Å². The minimum atomic E-state index is -4.87. The molecule has 1 aliphatic carbocycles. The molecular formula is C12H11F3O4. The lowest BCUT2D eigenvalue weighted by Gasteiger charge is -2.12. The SMILES string of the molecule is O=C(O)c1cc(OCC2CC2)cc(OC(F)(F)F)c1. The first-order valence-electron chi connectivity index (χ1n) is 5.60. The van der Waals surface area contributed by atoms with Crippen LogP contribution in [0.3, 0.4) is 0 Å². The van der Waals surface area contributed by atoms with Crippen molar-refractivity contribution in [2.24, 2.45) is 5.92 Å². The molecule has 1 aliphatic rings. The van der Waals surface area contributed by atoms with E-state index in [0.29, 0.717) is 12.5 Å². The van der Waals surface area contributed by atoms with Gasteiger partial charge in [0, 0.05) is 6.07 Å². The van der Waals surface area contributed by atoms with Gasteiger partial charge in [0.15, 0.2) is 0 Å². The Morgan fingerprint density at radius 2 is 1.89 bits per heavy atom. The van der Waals surface area contributed by atoms with Gasteiger partial charge in [-0.1, -0.05) is 0 Å². The van der Waals surface area contributed by atoms with Crippen LogP contribution in [-0.2, 0) is 0 Å². The topological polar surface area (TPSA) is 55.8 Å². The second-order valence-electron chi connectivity index (χ2n) is 4.30. The molecule has 0 amide bonds. The van der Waals surface area contributed by atoms with E-state index in [1.807, 2.05) is 0 Å². The summed E-state index contributed by atoms with van der Waals surface area (Å²) in [4.78, 5) is 10.8. The molecule has 4 nitrogen and oxygen atoms in total. The summed E-state index contributed by atoms with van der Waals surface area (Å²) in [5.74, 6) is -1.48. The van der Waals surface area contributed by atoms with E-state index >= 15 is 0 Å². The molecule has 2 rings (SSSR count). The number of benzene rings is 1. The Bertz CT molecular complexity index is 480. The summed E-state index contributed by atoms with van der Waals surface area (Å²) in [5, 5.41) is 8.83. The standard InChI is InChI=1S/C12H11F3O4/c13-12(14,15)19-10-4-8(11(16)17)3-9(5-10)18-6-7-1-2-7/h3-5,7H,1-2,6H2,(H,16,17). The monoisotopic (exact) mass is 276 g/mol. The van der Waals surface area contributed by atoms with Crippen molar-refractivity contribution in [2.75, 3.05) is 6.61 Å². The average molecular weight is 276 g/mol. The van der Waals surface area contributed by atoms with Gasteiger partial charge < -0.3 is 14.6 Å². The molecule has 0 unspecified atom stereocenters. The Morgan fingerprint density at radius 3 is 2.42 bits per heavy atom. The van der Waals surface area contributed by atoms with Crippen LogP contribution < -0.4 is 9.47 Å². The minimum absolute atomic E-state index is 0.0612. The zero-order chi connectivity index (χ0) is 14.0. The van der Waals surface area contributed by atoms with Crippen LogP contribution in [0.15, 0.2) is 18.2 Å². The fourth-order valence-electron chi connectivity index (χ4n) is 1.47. The highest BCUT2D eigenvalue weighted by molar-refractivity contribution is 5.88. The van der Waals surface area contributed by atoms with Crippen LogP contribution in [0.1, 0.15) is 23.2 Å². The number of ether oxygens (including phenoxy) is 2. The molecule has 7 heteroatoms. The maximum atomic E-state index is 12.1. The summed E-state index contributed by atoms with van der Waals surface area (Å²) in [5.41, 5.74) is -0.312. The predicted octanol–water partition coefficient (Wildman–Crippen LogP) is 3.07. The number of hydrogen-bond donors (Lipinski definition) is 1. The Balaban J connectivity index is 2.18. The normalized spacial score (nSPS) is 15.1. The fourth-order valence-corrected chi connectivity index (χ4v) is 1.47. The second kappa shape index (κ2) is 4.99. The molecule has 0 aliphatic heterocycles. The van der Waals surface area contributed by atoms with E-state index in [9.17, 15) is 18.0 Å². The summed E-state index contributed by atoms with van der Waals surface area (Å²) in [6.07, 6.45) is -2.83. The molecule has 1 aromatic rings. The molecule has 0 spiro atoms. The minimum Gasteiger partial charge on any atom is -0.493 e. The Kier molecular flexibility index (Phi) is 3.55. The third-order valence-corrected chi connectivity index (χ3v) is 2.54. The van der Waals surface area contributed by atoms with Gasteiger partial charge in [0.2, 0.25) is 0 Å². The summed E-state index contributed by atoms with van der Waals surface area (Å²) in [6.45, 7) is 0.370. The van der Waals surface area contributed by atoms with E-state index < -0.39 is 18.1 Å². The molecule has 0 bridgehead atoms. The molecule has 19 heavy (non-hydrogen) atoms. The number of carbonyl (C=O) groups is 1. The van der Waals surface area contributed by atoms with Gasteiger partial charge in [-0.15, -0.1) is 13.2 Å². The maximum Gasteiger partial charge on any atom is 0.573 e. The molecule has 104 valence electrons. The van der Waals surface area contributed by atoms with E-state index in [2.05, 4.69) is 4.74 Å². The second-order valence-corrected chi connectivity index (χ2v) is 4.30. The number of rotatable bonds is 5. The van der Waals surface area contributed by atoms with Gasteiger partial charge in [-0.3, -0.25) is 0 Å². The molecule has 1 N–H and O–H groups in total. The fraction of sp³-hybridized carbons (Fsp3) is 0.417. The maximum absolute atomic E-state index is 12.1. The Labute approximate surface area is 106 Å². The summed E-state index contributed by atoms with van der Waals surface area (Å²) in [6, 6.07) is 3.01. The molecular weight excluding hydrogens is 265 g/mol. The number of hydrogen-bond acceptors (Lipinski definition) is 3. The van der Waals surface area contributed by atoms with Crippen molar-refractivity contribution in [3.63, 3.8) is 0 Å². The molecule has 1 fully saturated rings. The largest absolute Gasteiger partial charge is 0.573 e. The van der Waals surface area contributed by atoms with E-state index in [4.69, 9.17) is 9.84 Å². The third-order valence-electron chi connectivity index (χ3n) is 2.54. The zero-order valence-corrected chi connectivity index (χ0v) is 9.74. The molecule has 1 saturated carbocycles. The number of alkyl halides is 3. The van der Waals surface area contributed by atoms with Gasteiger partial charge in [0.25, 0.3) is 0 Å². The molecule has 0 heterocycles. The van der Waals surface area contributed by atoms with E-state index in [0.717, 1.165) is 25.0 Å². The van der Waals surface area contributed by atoms with Gasteiger partial charge in [0.1, 0.15) is 11.5 Å². The Hall–Kier alpha value is -1.92. The van der Waals surface area contributed by atoms with Crippen LogP contribution in [0.5, 0.6) is 11.5 Å². The smallest absolute Gasteiger partial charge is 0.493 e. The molecule has 1 aromatic carbocycles. The number of halogens is 3. The van der Waals surface area contributed by atoms with Gasteiger partial charge >= 0.3 is 12.3 Å². The highest BCUT2D eigenvalue weighted by Crippen LogP contribution is 2.32. The first-order valence-corrected chi connectivity index (χ1v) is 5.60. The molecule has 0 radical (unpaired) electrons. The van der Waals surface area contributed by atoms with Gasteiger partial charge in [0.05, 0.1) is 12.2 Å². The number of aromatic carboxylic acids is 1. The lowest BCUT2D eigenvalue weighted by Crippen LogP contribution is -2.17. The molecule has 0 aromatic heterocycles. The third kappa shape index (κ3) is 4.35. The van der Waals surface area contributed by atoms with Crippen molar-refractivity contribution in [3.8, 4) is 11.5 Å². The van der Waals surface area contributed by atoms with Crippen molar-refractivity contribution < 1.29 is 32.5 Å². The van der Waals surface area contributed by atoms with Crippen molar-refractivity contribution in [3.05, 3.63) is 23.8 Å². The van der Waals surface area contributed by atoms with E-state index in [1.165, 1.54) is 6.07 Å². The van der Waals surface area contributed by atoms with Crippen LogP contribution in [-0.4, -0.2) is 24.0 Å². The first kappa shape index (κ1) is 13.5. The highest BCUT2D eigenvalue weighted by Gasteiger charge is 2.31. The van der Waals surface area contributed by atoms with Gasteiger partial charge in [-0.25, -0.2) is 4.79 Å². The number of carboxylic acid groups (broad SMARTS) is 1. The Morgan fingerprint density at radius 1 is 1.26 bits per heavy atom. The van der Waals surface area contributed by atoms with Crippen molar-refractivity contribution in [2.45, 2.75) is 19.2 Å². The summed E-state index contributed by atoms with van der Waals surface area (Å²) in [7, 11) is 0. The van der Waals surface area contributed by atoms with Crippen LogP contribution >= 0.6 is 0 Å². The van der Waals surface area contributed by atoms with Crippen LogP contribution in [0.25, 0.3) is 0 Å². The van der Waals surface area contributed by atoms with Crippen molar-refractivity contribution in [1.82, 2.24) is 0 Å². The van der Waals surface area contributed by atoms with Crippen molar-refractivity contribution in [1.29, 1.82) is 0 Å². The van der Waals surface area contributed by atoms with Gasteiger partial charge in [-0.2, -0.15) is 0 Å². The zero-order valence-electron chi connectivity index (χ0n) is 9.74. The van der Waals surface area contributed by atoms with E-state index in [1.54, 1.807) is 0 Å². The highest BCUT2D eigenvalue weighted by atomic mass is 19.4. The van der Waals surface area contributed by atoms with E-state index in [-0.39, 0.29) is 11.3 Å². The number of carboxylic acids is 1. The molecule has 0 saturated heterocycles. The molecule has 0 atom stereocenters. The summed E-state index contributed by atoms with van der Waals surface area (Å²) < 4.78 is 45.3. The lowest BCUT2D eigenvalue weighted by molar-refractivity contribution is -0.274. The summed E-state index contributed by atoms with van der Waals surface area (Å²) >= 11 is 0. The quantitative estimate of drug-likeness (QED) is 0.898. The predicted molar refractivity (Wildman–Crippen MR) is 58.3 cm³/mol. The lowest BCUT2D eigenvalue weighted by atomic mass is 10.2. The van der Waals surface area contributed by atoms with Crippen LogP contribution in [0.2, 0.25) is 0 Å².